The van der Waals surface area contributed by atoms with Gasteiger partial charge in [0.25, 0.3) is 11.8 Å². The van der Waals surface area contributed by atoms with Crippen LogP contribution in [0.1, 0.15) is 31.8 Å². The minimum Gasteiger partial charge on any atom is -0.348 e. The first-order valence-corrected chi connectivity index (χ1v) is 12.3. The molecule has 0 heterocycles. The van der Waals surface area contributed by atoms with E-state index in [1.165, 1.54) is 0 Å². The normalized spacial score (nSPS) is 10.5. The van der Waals surface area contributed by atoms with Crippen molar-refractivity contribution in [3.05, 3.63) is 134 Å². The summed E-state index contributed by atoms with van der Waals surface area (Å²) in [5, 5.41) is 2.98. The Morgan fingerprint density at radius 3 is 1.94 bits per heavy atom. The van der Waals surface area contributed by atoms with Gasteiger partial charge in [0.1, 0.15) is 0 Å². The fraction of sp³-hybridized carbons (Fsp3) is 0.0714. The highest BCUT2D eigenvalue weighted by Gasteiger charge is 2.23. The molecule has 2 amide bonds. The van der Waals surface area contributed by atoms with Crippen LogP contribution < -0.4 is 10.2 Å². The Morgan fingerprint density at radius 1 is 0.676 bits per heavy atom. The Bertz CT molecular complexity index is 1270. The van der Waals surface area contributed by atoms with E-state index in [0.717, 1.165) is 20.1 Å². The molecule has 0 saturated heterocycles. The molecule has 0 atom stereocenters. The molecule has 4 nitrogen and oxygen atoms in total. The zero-order valence-electron chi connectivity index (χ0n) is 18.2. The van der Waals surface area contributed by atoms with Gasteiger partial charge in [0.15, 0.2) is 0 Å². The number of benzene rings is 4. The van der Waals surface area contributed by atoms with Crippen LogP contribution in [0.25, 0.3) is 0 Å². The number of para-hydroxylation sites is 1. The molecule has 0 fully saturated rings. The van der Waals surface area contributed by atoms with E-state index in [1.807, 2.05) is 84.9 Å². The van der Waals surface area contributed by atoms with Crippen LogP contribution >= 0.6 is 31.9 Å². The number of hydrogen-bond donors (Lipinski definition) is 1. The third kappa shape index (κ3) is 6.01. The minimum atomic E-state index is -0.233. The summed E-state index contributed by atoms with van der Waals surface area (Å²) < 4.78 is 1.85. The van der Waals surface area contributed by atoms with Crippen molar-refractivity contribution in [3.8, 4) is 0 Å². The average molecular weight is 578 g/mol. The lowest BCUT2D eigenvalue weighted by Gasteiger charge is -2.25. The summed E-state index contributed by atoms with van der Waals surface area (Å²) in [6.45, 7) is 0.729. The van der Waals surface area contributed by atoms with Crippen molar-refractivity contribution in [2.75, 3.05) is 4.90 Å². The number of amides is 2. The molecule has 0 saturated carbocycles. The zero-order chi connectivity index (χ0) is 23.9. The highest BCUT2D eigenvalue weighted by molar-refractivity contribution is 9.10. The lowest BCUT2D eigenvalue weighted by molar-refractivity contribution is 0.0951. The van der Waals surface area contributed by atoms with Crippen LogP contribution in [0.15, 0.2) is 112 Å². The molecule has 0 aliphatic rings. The van der Waals surface area contributed by atoms with Crippen LogP contribution in [-0.4, -0.2) is 11.8 Å². The Hall–Kier alpha value is -3.22. The molecule has 34 heavy (non-hydrogen) atoms. The van der Waals surface area contributed by atoms with Crippen LogP contribution in [0.5, 0.6) is 0 Å². The molecular weight excluding hydrogens is 556 g/mol. The number of anilines is 1. The van der Waals surface area contributed by atoms with Gasteiger partial charge in [-0.3, -0.25) is 9.59 Å². The summed E-state index contributed by atoms with van der Waals surface area (Å²) in [5.41, 5.74) is 3.50. The van der Waals surface area contributed by atoms with Crippen molar-refractivity contribution < 1.29 is 9.59 Å². The molecule has 4 aromatic carbocycles. The van der Waals surface area contributed by atoms with Gasteiger partial charge in [-0.1, -0.05) is 86.5 Å². The van der Waals surface area contributed by atoms with Crippen molar-refractivity contribution >= 4 is 49.4 Å². The molecule has 0 aliphatic carbocycles. The van der Waals surface area contributed by atoms with Gasteiger partial charge in [0.2, 0.25) is 0 Å². The molecule has 6 heteroatoms. The van der Waals surface area contributed by atoms with E-state index in [-0.39, 0.29) is 11.8 Å². The summed E-state index contributed by atoms with van der Waals surface area (Å²) >= 11 is 6.88. The fourth-order valence-corrected chi connectivity index (χ4v) is 4.09. The van der Waals surface area contributed by atoms with Gasteiger partial charge in [0, 0.05) is 21.1 Å². The van der Waals surface area contributed by atoms with Gasteiger partial charge in [-0.05, 0) is 59.7 Å². The van der Waals surface area contributed by atoms with Crippen LogP contribution in [0, 0.1) is 0 Å². The number of halogens is 2. The third-order valence-corrected chi connectivity index (χ3v) is 6.38. The zero-order valence-corrected chi connectivity index (χ0v) is 21.4. The highest BCUT2D eigenvalue weighted by Crippen LogP contribution is 2.26. The number of nitrogens with one attached hydrogen (secondary N) is 1. The predicted molar refractivity (Wildman–Crippen MR) is 143 cm³/mol. The Kier molecular flexibility index (Phi) is 7.93. The number of rotatable bonds is 7. The van der Waals surface area contributed by atoms with Gasteiger partial charge >= 0.3 is 0 Å². The number of carbonyl (C=O) groups excluding carboxylic acids is 2. The molecule has 4 aromatic rings. The van der Waals surface area contributed by atoms with Crippen LogP contribution in [-0.2, 0) is 13.1 Å². The number of carbonyl (C=O) groups is 2. The summed E-state index contributed by atoms with van der Waals surface area (Å²) in [5.74, 6) is -0.414. The van der Waals surface area contributed by atoms with Crippen LogP contribution in [0.3, 0.4) is 0 Å². The van der Waals surface area contributed by atoms with E-state index in [0.29, 0.717) is 29.9 Å². The van der Waals surface area contributed by atoms with E-state index in [9.17, 15) is 9.59 Å². The number of nitrogens with zero attached hydrogens (tertiary/aromatic N) is 1. The quantitative estimate of drug-likeness (QED) is 0.257. The maximum Gasteiger partial charge on any atom is 0.258 e. The summed E-state index contributed by atoms with van der Waals surface area (Å²) in [6.07, 6.45) is 0. The molecule has 0 bridgehead atoms. The van der Waals surface area contributed by atoms with Gasteiger partial charge < -0.3 is 10.2 Å². The smallest absolute Gasteiger partial charge is 0.258 e. The van der Waals surface area contributed by atoms with Gasteiger partial charge in [-0.25, -0.2) is 0 Å². The van der Waals surface area contributed by atoms with Crippen molar-refractivity contribution in [3.63, 3.8) is 0 Å². The first-order valence-electron chi connectivity index (χ1n) is 10.7. The summed E-state index contributed by atoms with van der Waals surface area (Å²) in [7, 11) is 0. The Labute approximate surface area is 215 Å². The second-order valence-electron chi connectivity index (χ2n) is 7.71. The topological polar surface area (TPSA) is 49.4 Å². The van der Waals surface area contributed by atoms with E-state index in [1.54, 1.807) is 23.1 Å². The lowest BCUT2D eigenvalue weighted by atomic mass is 10.1. The predicted octanol–water partition coefficient (Wildman–Crippen LogP) is 6.99. The SMILES string of the molecule is O=C(NCc1ccccc1)c1ccccc1N(Cc1ccc(Br)cc1)C(=O)c1ccc(Br)cc1. The van der Waals surface area contributed by atoms with Crippen molar-refractivity contribution in [1.82, 2.24) is 5.32 Å². The van der Waals surface area contributed by atoms with Gasteiger partial charge in [0.05, 0.1) is 17.8 Å². The monoisotopic (exact) mass is 576 g/mol. The maximum absolute atomic E-state index is 13.7. The Morgan fingerprint density at radius 2 is 1.26 bits per heavy atom. The van der Waals surface area contributed by atoms with Crippen molar-refractivity contribution in [1.29, 1.82) is 0 Å². The largest absolute Gasteiger partial charge is 0.348 e. The molecule has 170 valence electrons. The van der Waals surface area contributed by atoms with Crippen molar-refractivity contribution in [2.24, 2.45) is 0 Å². The Balaban J connectivity index is 1.67. The lowest BCUT2D eigenvalue weighted by Crippen LogP contribution is -2.33. The average Bonchev–Trinajstić information content (AvgIpc) is 2.87. The molecule has 0 unspecified atom stereocenters. The third-order valence-electron chi connectivity index (χ3n) is 5.33. The van der Waals surface area contributed by atoms with E-state index in [4.69, 9.17) is 0 Å². The summed E-state index contributed by atoms with van der Waals surface area (Å²) in [4.78, 5) is 28.5. The standard InChI is InChI=1S/C28H22Br2N2O2/c29-23-14-10-21(11-15-23)19-32(28(34)22-12-16-24(30)17-13-22)26-9-5-4-8-25(26)27(33)31-18-20-6-2-1-3-7-20/h1-17H,18-19H2,(H,31,33). The van der Waals surface area contributed by atoms with Gasteiger partial charge in [-0.15, -0.1) is 0 Å². The van der Waals surface area contributed by atoms with E-state index < -0.39 is 0 Å². The molecule has 0 aromatic heterocycles. The fourth-order valence-electron chi connectivity index (χ4n) is 3.56. The molecule has 1 N–H and O–H groups in total. The maximum atomic E-state index is 13.7. The van der Waals surface area contributed by atoms with E-state index >= 15 is 0 Å². The van der Waals surface area contributed by atoms with Gasteiger partial charge in [-0.2, -0.15) is 0 Å². The van der Waals surface area contributed by atoms with Crippen molar-refractivity contribution in [2.45, 2.75) is 13.1 Å². The first kappa shape index (κ1) is 23.9. The molecule has 0 spiro atoms. The molecule has 4 rings (SSSR count). The van der Waals surface area contributed by atoms with Crippen LogP contribution in [0.4, 0.5) is 5.69 Å². The summed E-state index contributed by atoms with van der Waals surface area (Å²) in [6, 6.07) is 32.0. The highest BCUT2D eigenvalue weighted by atomic mass is 79.9. The second-order valence-corrected chi connectivity index (χ2v) is 9.54. The van der Waals surface area contributed by atoms with E-state index in [2.05, 4.69) is 37.2 Å². The molecular formula is C28H22Br2N2O2. The first-order chi connectivity index (χ1) is 16.5. The molecule has 0 radical (unpaired) electrons. The number of hydrogen-bond acceptors (Lipinski definition) is 2. The van der Waals surface area contributed by atoms with Crippen LogP contribution in [0.2, 0.25) is 0 Å². The second kappa shape index (κ2) is 11.3. The minimum absolute atomic E-state index is 0.182. The molecule has 0 aliphatic heterocycles.